The van der Waals surface area contributed by atoms with Gasteiger partial charge in [-0.05, 0) is 17.3 Å². The van der Waals surface area contributed by atoms with Crippen LogP contribution in [0.4, 0.5) is 0 Å². The lowest BCUT2D eigenvalue weighted by atomic mass is 10.2. The number of nitrogens with zero attached hydrogens (tertiary/aromatic N) is 1. The molecule has 0 spiro atoms. The van der Waals surface area contributed by atoms with E-state index < -0.39 is 0 Å². The molecule has 0 aliphatic heterocycles. The minimum atomic E-state index is 0. The van der Waals surface area contributed by atoms with Gasteiger partial charge in [-0.3, -0.25) is 0 Å². The highest BCUT2D eigenvalue weighted by Gasteiger charge is 1.97. The zero-order valence-corrected chi connectivity index (χ0v) is 8.74. The molecule has 0 amide bonds. The molecular formula is C8H10Cl3N. The van der Waals surface area contributed by atoms with Gasteiger partial charge in [0.25, 0.3) is 0 Å². The molecule has 0 saturated carbocycles. The molecule has 1 rings (SSSR count). The van der Waals surface area contributed by atoms with E-state index in [1.807, 2.05) is 30.3 Å². The summed E-state index contributed by atoms with van der Waals surface area (Å²) in [6.07, 6.45) is 0. The maximum Gasteiger partial charge on any atom is 0.0886 e. The van der Waals surface area contributed by atoms with Crippen LogP contribution in [0, 0.1) is 0 Å². The first-order chi connectivity index (χ1) is 5.33. The van der Waals surface area contributed by atoms with Crippen LogP contribution in [0.15, 0.2) is 30.3 Å². The maximum atomic E-state index is 5.70. The number of halogens is 3. The Balaban J connectivity index is 0.00000121. The standard InChI is InChI=1S/C8H9Cl2N.ClH/c9-7-11(10)6-8-4-2-1-3-5-8;/h1-5H,6-7H2;1H. The Hall–Kier alpha value is 0.0500. The summed E-state index contributed by atoms with van der Waals surface area (Å²) in [5.74, 6) is 0. The lowest BCUT2D eigenvalue weighted by Crippen LogP contribution is -2.08. The van der Waals surface area contributed by atoms with E-state index in [1.165, 1.54) is 9.98 Å². The van der Waals surface area contributed by atoms with Crippen LogP contribution in [-0.4, -0.2) is 10.4 Å². The van der Waals surface area contributed by atoms with Crippen molar-refractivity contribution in [3.05, 3.63) is 35.9 Å². The molecule has 12 heavy (non-hydrogen) atoms. The summed E-state index contributed by atoms with van der Waals surface area (Å²) in [5.41, 5.74) is 1.17. The molecule has 0 bridgehead atoms. The van der Waals surface area contributed by atoms with Crippen molar-refractivity contribution in [3.8, 4) is 0 Å². The summed E-state index contributed by atoms with van der Waals surface area (Å²) < 4.78 is 1.52. The summed E-state index contributed by atoms with van der Waals surface area (Å²) in [6.45, 7) is 0.686. The zero-order chi connectivity index (χ0) is 8.10. The highest BCUT2D eigenvalue weighted by molar-refractivity contribution is 6.22. The molecular weight excluding hydrogens is 216 g/mol. The van der Waals surface area contributed by atoms with Gasteiger partial charge < -0.3 is 0 Å². The van der Waals surface area contributed by atoms with Crippen molar-refractivity contribution in [1.29, 1.82) is 0 Å². The lowest BCUT2D eigenvalue weighted by Gasteiger charge is -2.08. The lowest BCUT2D eigenvalue weighted by molar-refractivity contribution is 0.522. The van der Waals surface area contributed by atoms with Gasteiger partial charge >= 0.3 is 0 Å². The molecule has 0 atom stereocenters. The van der Waals surface area contributed by atoms with Crippen molar-refractivity contribution in [2.45, 2.75) is 6.54 Å². The summed E-state index contributed by atoms with van der Waals surface area (Å²) in [4.78, 5) is 0. The predicted octanol–water partition coefficient (Wildman–Crippen LogP) is 3.26. The first-order valence-corrected chi connectivity index (χ1v) is 4.21. The first-order valence-electron chi connectivity index (χ1n) is 3.33. The Morgan fingerprint density at radius 3 is 2.25 bits per heavy atom. The van der Waals surface area contributed by atoms with Gasteiger partial charge in [-0.1, -0.05) is 30.3 Å². The highest BCUT2D eigenvalue weighted by atomic mass is 35.5. The maximum absolute atomic E-state index is 5.70. The normalized spacial score (nSPS) is 9.58. The van der Waals surface area contributed by atoms with Crippen molar-refractivity contribution >= 4 is 35.8 Å². The van der Waals surface area contributed by atoms with Gasteiger partial charge in [-0.25, -0.2) is 4.42 Å². The van der Waals surface area contributed by atoms with Gasteiger partial charge in [-0.15, -0.1) is 24.0 Å². The molecule has 68 valence electrons. The predicted molar refractivity (Wildman–Crippen MR) is 55.8 cm³/mol. The van der Waals surface area contributed by atoms with E-state index in [9.17, 15) is 0 Å². The van der Waals surface area contributed by atoms with Gasteiger partial charge in [0.15, 0.2) is 0 Å². The summed E-state index contributed by atoms with van der Waals surface area (Å²) in [7, 11) is 0. The van der Waals surface area contributed by atoms with Crippen molar-refractivity contribution in [2.24, 2.45) is 0 Å². The largest absolute Gasteiger partial charge is 0.201 e. The third kappa shape index (κ3) is 4.17. The number of alkyl halides is 1. The van der Waals surface area contributed by atoms with Crippen LogP contribution in [0.3, 0.4) is 0 Å². The van der Waals surface area contributed by atoms with Crippen LogP contribution in [-0.2, 0) is 6.54 Å². The second kappa shape index (κ2) is 6.55. The second-order valence-electron chi connectivity index (χ2n) is 2.23. The van der Waals surface area contributed by atoms with E-state index in [-0.39, 0.29) is 12.4 Å². The molecule has 0 aliphatic rings. The highest BCUT2D eigenvalue weighted by Crippen LogP contribution is 2.06. The number of hydrogen-bond acceptors (Lipinski definition) is 1. The Labute approximate surface area is 88.8 Å². The van der Waals surface area contributed by atoms with Gasteiger partial charge in [0.2, 0.25) is 0 Å². The van der Waals surface area contributed by atoms with Gasteiger partial charge in [0, 0.05) is 6.54 Å². The van der Waals surface area contributed by atoms with E-state index in [4.69, 9.17) is 23.4 Å². The average Bonchev–Trinajstić information content (AvgIpc) is 2.06. The molecule has 0 fully saturated rings. The molecule has 0 saturated heterocycles. The summed E-state index contributed by atoms with van der Waals surface area (Å²) >= 11 is 11.2. The SMILES string of the molecule is Cl.ClCN(Cl)Cc1ccccc1. The topological polar surface area (TPSA) is 3.24 Å². The monoisotopic (exact) mass is 225 g/mol. The quantitative estimate of drug-likeness (QED) is 0.434. The minimum absolute atomic E-state index is 0. The fourth-order valence-corrected chi connectivity index (χ4v) is 1.05. The van der Waals surface area contributed by atoms with Crippen LogP contribution in [0.25, 0.3) is 0 Å². The van der Waals surface area contributed by atoms with Crippen LogP contribution in [0.1, 0.15) is 5.56 Å². The van der Waals surface area contributed by atoms with Crippen LogP contribution in [0.2, 0.25) is 0 Å². The van der Waals surface area contributed by atoms with Gasteiger partial charge in [0.1, 0.15) is 0 Å². The molecule has 1 aromatic rings. The van der Waals surface area contributed by atoms with Crippen molar-refractivity contribution < 1.29 is 0 Å². The molecule has 0 aliphatic carbocycles. The van der Waals surface area contributed by atoms with E-state index in [1.54, 1.807) is 0 Å². The first kappa shape index (κ1) is 12.0. The molecule has 0 N–H and O–H groups in total. The van der Waals surface area contributed by atoms with E-state index in [2.05, 4.69) is 0 Å². The van der Waals surface area contributed by atoms with Crippen LogP contribution in [0.5, 0.6) is 0 Å². The molecule has 0 aromatic heterocycles. The molecule has 1 nitrogen and oxygen atoms in total. The smallest absolute Gasteiger partial charge is 0.0886 e. The Morgan fingerprint density at radius 2 is 1.75 bits per heavy atom. The van der Waals surface area contributed by atoms with Gasteiger partial charge in [-0.2, -0.15) is 0 Å². The number of rotatable bonds is 3. The average molecular weight is 227 g/mol. The Morgan fingerprint density at radius 1 is 1.17 bits per heavy atom. The van der Waals surface area contributed by atoms with Crippen molar-refractivity contribution in [3.63, 3.8) is 0 Å². The zero-order valence-electron chi connectivity index (χ0n) is 6.41. The second-order valence-corrected chi connectivity index (χ2v) is 2.94. The molecule has 0 heterocycles. The Bertz CT molecular complexity index is 203. The molecule has 4 heteroatoms. The fourth-order valence-electron chi connectivity index (χ4n) is 0.824. The summed E-state index contributed by atoms with van der Waals surface area (Å²) in [6, 6.07) is 10.3. The van der Waals surface area contributed by atoms with Crippen LogP contribution >= 0.6 is 35.8 Å². The molecule has 0 radical (unpaired) electrons. The molecule has 0 unspecified atom stereocenters. The number of hydrogen-bond donors (Lipinski definition) is 0. The summed E-state index contributed by atoms with van der Waals surface area (Å²) in [5, 5.41) is 0. The van der Waals surface area contributed by atoms with Crippen LogP contribution < -0.4 is 0 Å². The van der Waals surface area contributed by atoms with E-state index in [0.717, 1.165) is 0 Å². The number of benzene rings is 1. The molecule has 1 aromatic carbocycles. The minimum Gasteiger partial charge on any atom is -0.201 e. The third-order valence-electron chi connectivity index (χ3n) is 1.33. The third-order valence-corrected chi connectivity index (χ3v) is 1.98. The Kier molecular flexibility index (Phi) is 6.58. The van der Waals surface area contributed by atoms with Crippen molar-refractivity contribution in [2.75, 3.05) is 6.00 Å². The van der Waals surface area contributed by atoms with E-state index >= 15 is 0 Å². The van der Waals surface area contributed by atoms with Gasteiger partial charge in [0.05, 0.1) is 6.00 Å². The van der Waals surface area contributed by atoms with Crippen molar-refractivity contribution in [1.82, 2.24) is 4.42 Å². The van der Waals surface area contributed by atoms with E-state index in [0.29, 0.717) is 12.5 Å². The fraction of sp³-hybridized carbons (Fsp3) is 0.250.